The van der Waals surface area contributed by atoms with Gasteiger partial charge in [-0.3, -0.25) is 9.79 Å². The molecule has 0 aliphatic heterocycles. The monoisotopic (exact) mass is 512 g/mol. The number of carbonyl (C=O) groups excluding carboxylic acids is 1. The first kappa shape index (κ1) is 25.3. The predicted octanol–water partition coefficient (Wildman–Crippen LogP) is 4.29. The van der Waals surface area contributed by atoms with Crippen molar-refractivity contribution >= 4 is 64.9 Å². The Kier molecular flexibility index (Phi) is 12.3. The lowest BCUT2D eigenvalue weighted by Crippen LogP contribution is -2.39. The molecule has 0 unspecified atom stereocenters. The first-order valence-corrected chi connectivity index (χ1v) is 10.0. The summed E-state index contributed by atoms with van der Waals surface area (Å²) in [4.78, 5) is 16.7. The minimum atomic E-state index is -0.0847. The summed E-state index contributed by atoms with van der Waals surface area (Å²) in [6.45, 7) is 10.3. The van der Waals surface area contributed by atoms with E-state index in [4.69, 9.17) is 11.6 Å². The van der Waals surface area contributed by atoms with Gasteiger partial charge in [0.15, 0.2) is 5.96 Å². The second kappa shape index (κ2) is 12.7. The molecule has 3 N–H and O–H groups in total. The maximum Gasteiger partial charge on any atom is 0.226 e. The number of benzene rings is 1. The van der Waals surface area contributed by atoms with Crippen LogP contribution in [0, 0.1) is 6.92 Å². The fourth-order valence-electron chi connectivity index (χ4n) is 1.90. The minimum Gasteiger partial charge on any atom is -0.357 e. The summed E-state index contributed by atoms with van der Waals surface area (Å²) in [5, 5.41) is 9.77. The van der Waals surface area contributed by atoms with Crippen molar-refractivity contribution in [1.29, 1.82) is 0 Å². The molecule has 0 aromatic heterocycles. The number of halogens is 2. The van der Waals surface area contributed by atoms with Crippen molar-refractivity contribution in [2.45, 2.75) is 38.9 Å². The second-order valence-corrected chi connectivity index (χ2v) is 8.29. The Hall–Kier alpha value is -0.670. The number of aryl methyl sites for hydroxylation is 1. The highest BCUT2D eigenvalue weighted by molar-refractivity contribution is 14.0. The van der Waals surface area contributed by atoms with E-state index in [1.165, 1.54) is 0 Å². The van der Waals surface area contributed by atoms with Crippen LogP contribution in [0.25, 0.3) is 0 Å². The van der Waals surface area contributed by atoms with Crippen molar-refractivity contribution in [2.75, 3.05) is 31.2 Å². The Morgan fingerprint density at radius 1 is 1.31 bits per heavy atom. The quantitative estimate of drug-likeness (QED) is 0.276. The van der Waals surface area contributed by atoms with Gasteiger partial charge in [0.05, 0.1) is 17.3 Å². The number of guanidine groups is 1. The number of hydrogen-bond acceptors (Lipinski definition) is 3. The summed E-state index contributed by atoms with van der Waals surface area (Å²) in [7, 11) is 0. The lowest BCUT2D eigenvalue weighted by Gasteiger charge is -2.20. The van der Waals surface area contributed by atoms with Gasteiger partial charge < -0.3 is 16.0 Å². The zero-order valence-corrected chi connectivity index (χ0v) is 20.0. The molecule has 0 aliphatic carbocycles. The maximum absolute atomic E-state index is 12.1. The SMILES string of the molecule is CCNC(=NCC(C)(C)SC)NCCC(=O)Nc1ccc(C)cc1Cl.I. The van der Waals surface area contributed by atoms with Gasteiger partial charge in [-0.05, 0) is 51.6 Å². The maximum atomic E-state index is 12.1. The van der Waals surface area contributed by atoms with Crippen molar-refractivity contribution in [3.8, 4) is 0 Å². The zero-order valence-electron chi connectivity index (χ0n) is 16.1. The van der Waals surface area contributed by atoms with Crippen LogP contribution in [0.5, 0.6) is 0 Å². The summed E-state index contributed by atoms with van der Waals surface area (Å²) in [5.74, 6) is 0.643. The van der Waals surface area contributed by atoms with Gasteiger partial charge in [0.2, 0.25) is 5.91 Å². The molecule has 148 valence electrons. The minimum absolute atomic E-state index is 0. The van der Waals surface area contributed by atoms with E-state index in [1.54, 1.807) is 11.8 Å². The molecule has 1 aromatic rings. The van der Waals surface area contributed by atoms with Gasteiger partial charge in [0.1, 0.15) is 0 Å². The number of nitrogens with one attached hydrogen (secondary N) is 3. The van der Waals surface area contributed by atoms with Crippen LogP contribution in [0.3, 0.4) is 0 Å². The van der Waals surface area contributed by atoms with Gasteiger partial charge in [0, 0.05) is 24.3 Å². The third-order valence-electron chi connectivity index (χ3n) is 3.56. The molecule has 8 heteroatoms. The van der Waals surface area contributed by atoms with E-state index in [1.807, 2.05) is 32.0 Å². The van der Waals surface area contributed by atoms with Crippen molar-refractivity contribution in [3.63, 3.8) is 0 Å². The normalized spacial score (nSPS) is 11.5. The Balaban J connectivity index is 0.00000625. The van der Waals surface area contributed by atoms with Crippen LogP contribution in [0.2, 0.25) is 5.02 Å². The molecule has 0 atom stereocenters. The molecule has 0 heterocycles. The Labute approximate surface area is 183 Å². The average Bonchev–Trinajstić information content (AvgIpc) is 2.55. The topological polar surface area (TPSA) is 65.5 Å². The third-order valence-corrected chi connectivity index (χ3v) is 5.10. The van der Waals surface area contributed by atoms with Crippen LogP contribution < -0.4 is 16.0 Å². The third kappa shape index (κ3) is 9.87. The molecule has 0 spiro atoms. The summed E-state index contributed by atoms with van der Waals surface area (Å²) in [6, 6.07) is 5.57. The number of thioether (sulfide) groups is 1. The van der Waals surface area contributed by atoms with Crippen LogP contribution in [0.1, 0.15) is 32.8 Å². The molecule has 1 aromatic carbocycles. The molecule has 0 fully saturated rings. The van der Waals surface area contributed by atoms with E-state index in [0.29, 0.717) is 30.2 Å². The van der Waals surface area contributed by atoms with Crippen LogP contribution in [0.15, 0.2) is 23.2 Å². The molecule has 0 saturated carbocycles. The number of aliphatic imine (C=N–C) groups is 1. The molecule has 0 aliphatic rings. The first-order valence-electron chi connectivity index (χ1n) is 8.40. The van der Waals surface area contributed by atoms with E-state index in [0.717, 1.165) is 18.1 Å². The Morgan fingerprint density at radius 2 is 2.00 bits per heavy atom. The van der Waals surface area contributed by atoms with E-state index in [-0.39, 0.29) is 34.6 Å². The Bertz CT molecular complexity index is 611. The summed E-state index contributed by atoms with van der Waals surface area (Å²) in [5.41, 5.74) is 1.70. The first-order chi connectivity index (χ1) is 11.8. The lowest BCUT2D eigenvalue weighted by atomic mass is 10.2. The van der Waals surface area contributed by atoms with Crippen molar-refractivity contribution in [1.82, 2.24) is 10.6 Å². The summed E-state index contributed by atoms with van der Waals surface area (Å²) < 4.78 is 0.0852. The zero-order chi connectivity index (χ0) is 18.9. The van der Waals surface area contributed by atoms with Crippen molar-refractivity contribution in [2.24, 2.45) is 4.99 Å². The number of nitrogens with zero attached hydrogens (tertiary/aromatic N) is 1. The number of amides is 1. The van der Waals surface area contributed by atoms with Crippen molar-refractivity contribution < 1.29 is 4.79 Å². The van der Waals surface area contributed by atoms with E-state index in [9.17, 15) is 4.79 Å². The molecule has 1 amide bonds. The predicted molar refractivity (Wildman–Crippen MR) is 126 cm³/mol. The second-order valence-electron chi connectivity index (χ2n) is 6.37. The van der Waals surface area contributed by atoms with E-state index < -0.39 is 0 Å². The molecular formula is C18H30ClIN4OS. The molecule has 5 nitrogen and oxygen atoms in total. The molecule has 26 heavy (non-hydrogen) atoms. The average molecular weight is 513 g/mol. The molecule has 1 rings (SSSR count). The van der Waals surface area contributed by atoms with Crippen LogP contribution >= 0.6 is 47.3 Å². The summed E-state index contributed by atoms with van der Waals surface area (Å²) in [6.07, 6.45) is 2.41. The van der Waals surface area contributed by atoms with Gasteiger partial charge in [-0.1, -0.05) is 17.7 Å². The van der Waals surface area contributed by atoms with Crippen LogP contribution in [-0.4, -0.2) is 42.5 Å². The van der Waals surface area contributed by atoms with Crippen molar-refractivity contribution in [3.05, 3.63) is 28.8 Å². The number of anilines is 1. The van der Waals surface area contributed by atoms with Crippen LogP contribution in [-0.2, 0) is 4.79 Å². The smallest absolute Gasteiger partial charge is 0.226 e. The number of hydrogen-bond donors (Lipinski definition) is 3. The highest BCUT2D eigenvalue weighted by Gasteiger charge is 2.15. The van der Waals surface area contributed by atoms with Gasteiger partial charge in [-0.2, -0.15) is 11.8 Å². The van der Waals surface area contributed by atoms with E-state index >= 15 is 0 Å². The van der Waals surface area contributed by atoms with Gasteiger partial charge in [0.25, 0.3) is 0 Å². The molecule has 0 bridgehead atoms. The molecule has 0 radical (unpaired) electrons. The fourth-order valence-corrected chi connectivity index (χ4v) is 2.38. The fraction of sp³-hybridized carbons (Fsp3) is 0.556. The van der Waals surface area contributed by atoms with E-state index in [2.05, 4.69) is 41.0 Å². The van der Waals surface area contributed by atoms with Gasteiger partial charge >= 0.3 is 0 Å². The lowest BCUT2D eigenvalue weighted by molar-refractivity contribution is -0.116. The standard InChI is InChI=1S/C18H29ClN4OS.HI/c1-6-20-17(22-12-18(3,4)25-5)21-10-9-16(24)23-15-8-7-13(2)11-14(15)19;/h7-8,11H,6,9-10,12H2,1-5H3,(H,23,24)(H2,20,21,22);1H. The highest BCUT2D eigenvalue weighted by atomic mass is 127. The van der Waals surface area contributed by atoms with Gasteiger partial charge in [-0.25, -0.2) is 0 Å². The Morgan fingerprint density at radius 3 is 2.58 bits per heavy atom. The highest BCUT2D eigenvalue weighted by Crippen LogP contribution is 2.23. The summed E-state index contributed by atoms with van der Waals surface area (Å²) >= 11 is 7.92. The number of carbonyl (C=O) groups is 1. The molecular weight excluding hydrogens is 483 g/mol. The largest absolute Gasteiger partial charge is 0.357 e. The van der Waals surface area contributed by atoms with Crippen LogP contribution in [0.4, 0.5) is 5.69 Å². The van der Waals surface area contributed by atoms with Gasteiger partial charge in [-0.15, -0.1) is 24.0 Å². The molecule has 0 saturated heterocycles. The number of rotatable bonds is 8.